The molecule has 1 aliphatic carbocycles. The van der Waals surface area contributed by atoms with Crippen molar-refractivity contribution in [2.24, 2.45) is 11.0 Å². The zero-order chi connectivity index (χ0) is 22.8. The molecular weight excluding hydrogens is 420 g/mol. The molecule has 166 valence electrons. The number of nitrogens with one attached hydrogen (secondary N) is 1. The van der Waals surface area contributed by atoms with Gasteiger partial charge in [-0.2, -0.15) is 5.10 Å². The molecule has 0 spiro atoms. The minimum Gasteiger partial charge on any atom is -0.306 e. The van der Waals surface area contributed by atoms with E-state index in [1.807, 2.05) is 36.4 Å². The molecule has 2 atom stereocenters. The van der Waals surface area contributed by atoms with E-state index in [-0.39, 0.29) is 29.6 Å². The molecule has 1 saturated carbocycles. The number of anilines is 1. The molecule has 0 saturated heterocycles. The highest BCUT2D eigenvalue weighted by Crippen LogP contribution is 2.44. The lowest BCUT2D eigenvalue weighted by atomic mass is 9.77. The van der Waals surface area contributed by atoms with Gasteiger partial charge in [0.2, 0.25) is 0 Å². The van der Waals surface area contributed by atoms with Crippen molar-refractivity contribution >= 4 is 23.5 Å². The predicted octanol–water partition coefficient (Wildman–Crippen LogP) is 6.79. The molecule has 33 heavy (non-hydrogen) atoms. The number of carbonyl (C=O) groups excluding carboxylic acids is 1. The Labute approximate surface area is 191 Å². The Balaban J connectivity index is 1.52. The monoisotopic (exact) mass is 443 g/mol. The van der Waals surface area contributed by atoms with Crippen LogP contribution in [0, 0.1) is 17.6 Å². The van der Waals surface area contributed by atoms with Gasteiger partial charge in [0.05, 0.1) is 11.8 Å². The van der Waals surface area contributed by atoms with Gasteiger partial charge in [-0.3, -0.25) is 0 Å². The van der Waals surface area contributed by atoms with Gasteiger partial charge in [-0.05, 0) is 78.4 Å². The number of para-hydroxylation sites is 1. The van der Waals surface area contributed by atoms with E-state index < -0.39 is 0 Å². The zero-order valence-electron chi connectivity index (χ0n) is 17.9. The van der Waals surface area contributed by atoms with Crippen LogP contribution in [-0.4, -0.2) is 16.8 Å². The summed E-state index contributed by atoms with van der Waals surface area (Å²) >= 11 is 0. The lowest BCUT2D eigenvalue weighted by molar-refractivity contribution is 0.188. The molecule has 2 aliphatic rings. The lowest BCUT2D eigenvalue weighted by Gasteiger charge is -2.29. The molecule has 3 aromatic rings. The summed E-state index contributed by atoms with van der Waals surface area (Å²) in [6, 6.07) is 21.2. The SMILES string of the molecule is O=C(Nc1ccccc1)N1N=C2/C(=C\c3ccc(F)cc3)CCCC2C1c1ccc(F)cc1. The maximum absolute atomic E-state index is 13.6. The number of hydrogen-bond acceptors (Lipinski definition) is 2. The number of rotatable bonds is 3. The van der Waals surface area contributed by atoms with Crippen molar-refractivity contribution in [2.45, 2.75) is 25.3 Å². The summed E-state index contributed by atoms with van der Waals surface area (Å²) in [5.41, 5.74) is 4.31. The molecule has 4 nitrogen and oxygen atoms in total. The summed E-state index contributed by atoms with van der Waals surface area (Å²) in [4.78, 5) is 13.3. The van der Waals surface area contributed by atoms with Crippen LogP contribution in [0.3, 0.4) is 0 Å². The standard InChI is InChI=1S/C27H23F2N3O/c28-21-13-9-18(10-14-21)17-20-5-4-8-24-25(20)31-32(26(24)19-11-15-22(29)16-12-19)27(33)30-23-6-2-1-3-7-23/h1-3,6-7,9-17,24,26H,4-5,8H2,(H,30,33)/b20-17-. The number of halogens is 2. The first-order chi connectivity index (χ1) is 16.1. The molecule has 3 aromatic carbocycles. The Kier molecular flexibility index (Phi) is 5.73. The van der Waals surface area contributed by atoms with Gasteiger partial charge >= 0.3 is 6.03 Å². The Bertz CT molecular complexity index is 1200. The van der Waals surface area contributed by atoms with E-state index in [2.05, 4.69) is 5.32 Å². The van der Waals surface area contributed by atoms with Crippen LogP contribution in [0.25, 0.3) is 6.08 Å². The third-order valence-corrected chi connectivity index (χ3v) is 6.16. The number of hydrogen-bond donors (Lipinski definition) is 1. The van der Waals surface area contributed by atoms with E-state index >= 15 is 0 Å². The number of urea groups is 1. The van der Waals surface area contributed by atoms with E-state index in [0.717, 1.165) is 41.7 Å². The number of amides is 2. The van der Waals surface area contributed by atoms with Crippen LogP contribution in [-0.2, 0) is 0 Å². The van der Waals surface area contributed by atoms with Crippen LogP contribution in [0.2, 0.25) is 0 Å². The van der Waals surface area contributed by atoms with E-state index in [0.29, 0.717) is 5.69 Å². The summed E-state index contributed by atoms with van der Waals surface area (Å²) in [6.07, 6.45) is 4.67. The smallest absolute Gasteiger partial charge is 0.306 e. The summed E-state index contributed by atoms with van der Waals surface area (Å²) in [5.74, 6) is -0.604. The molecule has 1 heterocycles. The van der Waals surface area contributed by atoms with Crippen LogP contribution in [0.15, 0.2) is 89.5 Å². The van der Waals surface area contributed by atoms with Crippen LogP contribution < -0.4 is 5.32 Å². The van der Waals surface area contributed by atoms with Gasteiger partial charge in [0.15, 0.2) is 0 Å². The molecule has 0 bridgehead atoms. The van der Waals surface area contributed by atoms with E-state index in [1.54, 1.807) is 24.3 Å². The molecule has 1 fully saturated rings. The maximum atomic E-state index is 13.6. The topological polar surface area (TPSA) is 44.7 Å². The minimum absolute atomic E-state index is 0.00238. The quantitative estimate of drug-likeness (QED) is 0.476. The molecule has 0 aromatic heterocycles. The summed E-state index contributed by atoms with van der Waals surface area (Å²) in [5, 5.41) is 9.19. The van der Waals surface area contributed by atoms with Crippen LogP contribution in [0.4, 0.5) is 19.3 Å². The fraction of sp³-hybridized carbons (Fsp3) is 0.185. The highest BCUT2D eigenvalue weighted by Gasteiger charge is 2.43. The Morgan fingerprint density at radius 3 is 2.30 bits per heavy atom. The third-order valence-electron chi connectivity index (χ3n) is 6.16. The Morgan fingerprint density at radius 1 is 0.939 bits per heavy atom. The van der Waals surface area contributed by atoms with Gasteiger partial charge in [0, 0.05) is 11.6 Å². The van der Waals surface area contributed by atoms with E-state index in [4.69, 9.17) is 5.10 Å². The van der Waals surface area contributed by atoms with Gasteiger partial charge in [-0.25, -0.2) is 18.6 Å². The van der Waals surface area contributed by atoms with Crippen molar-refractivity contribution in [3.05, 3.63) is 107 Å². The third kappa shape index (κ3) is 4.42. The molecule has 5 rings (SSSR count). The fourth-order valence-corrected chi connectivity index (χ4v) is 4.62. The highest BCUT2D eigenvalue weighted by molar-refractivity contribution is 6.08. The fourth-order valence-electron chi connectivity index (χ4n) is 4.62. The van der Waals surface area contributed by atoms with Gasteiger partial charge in [0.1, 0.15) is 11.6 Å². The maximum Gasteiger partial charge on any atom is 0.342 e. The average Bonchev–Trinajstić information content (AvgIpc) is 3.23. The van der Waals surface area contributed by atoms with Crippen molar-refractivity contribution in [3.63, 3.8) is 0 Å². The first-order valence-electron chi connectivity index (χ1n) is 11.0. The summed E-state index contributed by atoms with van der Waals surface area (Å²) in [7, 11) is 0. The molecular formula is C27H23F2N3O. The van der Waals surface area contributed by atoms with Gasteiger partial charge < -0.3 is 5.32 Å². The number of carbonyl (C=O) groups is 1. The zero-order valence-corrected chi connectivity index (χ0v) is 17.9. The number of fused-ring (bicyclic) bond motifs is 1. The lowest BCUT2D eigenvalue weighted by Crippen LogP contribution is -2.34. The second-order valence-corrected chi connectivity index (χ2v) is 8.34. The van der Waals surface area contributed by atoms with Crippen molar-refractivity contribution in [1.29, 1.82) is 0 Å². The van der Waals surface area contributed by atoms with Crippen molar-refractivity contribution in [1.82, 2.24) is 5.01 Å². The number of benzene rings is 3. The number of allylic oxidation sites excluding steroid dienone is 1. The normalized spacial score (nSPS) is 21.0. The molecule has 0 radical (unpaired) electrons. The molecule has 1 N–H and O–H groups in total. The molecule has 2 amide bonds. The highest BCUT2D eigenvalue weighted by atomic mass is 19.1. The van der Waals surface area contributed by atoms with E-state index in [1.165, 1.54) is 29.3 Å². The first-order valence-corrected chi connectivity index (χ1v) is 11.0. The molecule has 2 unspecified atom stereocenters. The Morgan fingerprint density at radius 2 is 1.61 bits per heavy atom. The summed E-state index contributed by atoms with van der Waals surface area (Å²) < 4.78 is 27.0. The second-order valence-electron chi connectivity index (χ2n) is 8.34. The number of nitrogens with zero attached hydrogens (tertiary/aromatic N) is 2. The molecule has 6 heteroatoms. The summed E-state index contributed by atoms with van der Waals surface area (Å²) in [6.45, 7) is 0. The first kappa shape index (κ1) is 21.1. The Hall–Kier alpha value is -3.80. The van der Waals surface area contributed by atoms with Crippen LogP contribution >= 0.6 is 0 Å². The second kappa shape index (κ2) is 8.98. The van der Waals surface area contributed by atoms with E-state index in [9.17, 15) is 13.6 Å². The van der Waals surface area contributed by atoms with Gasteiger partial charge in [-0.15, -0.1) is 0 Å². The van der Waals surface area contributed by atoms with Gasteiger partial charge in [0.25, 0.3) is 0 Å². The van der Waals surface area contributed by atoms with Gasteiger partial charge in [-0.1, -0.05) is 42.5 Å². The average molecular weight is 443 g/mol. The van der Waals surface area contributed by atoms with Crippen LogP contribution in [0.5, 0.6) is 0 Å². The predicted molar refractivity (Wildman–Crippen MR) is 126 cm³/mol. The largest absolute Gasteiger partial charge is 0.342 e. The van der Waals surface area contributed by atoms with Crippen molar-refractivity contribution < 1.29 is 13.6 Å². The molecule has 1 aliphatic heterocycles. The minimum atomic E-state index is -0.335. The van der Waals surface area contributed by atoms with Crippen LogP contribution in [0.1, 0.15) is 36.4 Å². The number of hydrazone groups is 1. The van der Waals surface area contributed by atoms with Crippen molar-refractivity contribution in [3.8, 4) is 0 Å². The van der Waals surface area contributed by atoms with Crippen molar-refractivity contribution in [2.75, 3.05) is 5.32 Å².